The average molecular weight is 295 g/mol. The van der Waals surface area contributed by atoms with Gasteiger partial charge in [0.25, 0.3) is 0 Å². The highest BCUT2D eigenvalue weighted by Crippen LogP contribution is 2.31. The molecule has 5 heteroatoms. The smallest absolute Gasteiger partial charge is 0.158 e. The van der Waals surface area contributed by atoms with Crippen LogP contribution >= 0.6 is 22.7 Å². The van der Waals surface area contributed by atoms with Gasteiger partial charge in [-0.05, 0) is 49.4 Å². The molecule has 3 nitrogen and oxygen atoms in total. The van der Waals surface area contributed by atoms with Gasteiger partial charge in [-0.15, -0.1) is 21.5 Å². The molecule has 19 heavy (non-hydrogen) atoms. The molecule has 0 saturated carbocycles. The third-order valence-corrected chi connectivity index (χ3v) is 4.97. The van der Waals surface area contributed by atoms with Crippen molar-refractivity contribution in [2.24, 2.45) is 5.92 Å². The summed E-state index contributed by atoms with van der Waals surface area (Å²) >= 11 is 3.48. The van der Waals surface area contributed by atoms with Crippen molar-refractivity contribution < 1.29 is 0 Å². The summed E-state index contributed by atoms with van der Waals surface area (Å²) in [7, 11) is 0. The molecule has 0 fully saturated rings. The molecule has 0 bridgehead atoms. The van der Waals surface area contributed by atoms with Gasteiger partial charge in [-0.2, -0.15) is 0 Å². The zero-order chi connectivity index (χ0) is 13.7. The fourth-order valence-electron chi connectivity index (χ4n) is 1.79. The predicted molar refractivity (Wildman–Crippen MR) is 84.0 cm³/mol. The molecule has 2 aromatic heterocycles. The average Bonchev–Trinajstić information content (AvgIpc) is 2.97. The van der Waals surface area contributed by atoms with Crippen LogP contribution in [0.25, 0.3) is 9.88 Å². The Balaban J connectivity index is 1.80. The largest absolute Gasteiger partial charge is 0.316 e. The van der Waals surface area contributed by atoms with E-state index >= 15 is 0 Å². The standard InChI is InChI=1S/C14H21N3S2/c1-10(2)9-15-7-4-5-12-16-17-14(19-12)13-11(3)6-8-18-13/h6,8,10,15H,4-5,7,9H2,1-3H3. The molecule has 0 aromatic carbocycles. The summed E-state index contributed by atoms with van der Waals surface area (Å²) in [5.74, 6) is 0.718. The molecule has 0 aliphatic carbocycles. The molecule has 0 aliphatic heterocycles. The Morgan fingerprint density at radius 3 is 2.84 bits per heavy atom. The number of aryl methyl sites for hydroxylation is 2. The second-order valence-electron chi connectivity index (χ2n) is 5.14. The molecule has 1 N–H and O–H groups in total. The van der Waals surface area contributed by atoms with Crippen molar-refractivity contribution in [3.05, 3.63) is 22.0 Å². The van der Waals surface area contributed by atoms with Crippen molar-refractivity contribution in [1.82, 2.24) is 15.5 Å². The fraction of sp³-hybridized carbons (Fsp3) is 0.571. The number of nitrogens with one attached hydrogen (secondary N) is 1. The number of aromatic nitrogens is 2. The molecule has 0 amide bonds. The Morgan fingerprint density at radius 2 is 2.16 bits per heavy atom. The summed E-state index contributed by atoms with van der Waals surface area (Å²) in [6.07, 6.45) is 2.15. The lowest BCUT2D eigenvalue weighted by Gasteiger charge is -2.05. The van der Waals surface area contributed by atoms with Gasteiger partial charge < -0.3 is 5.32 Å². The first-order valence-electron chi connectivity index (χ1n) is 6.74. The van der Waals surface area contributed by atoms with Gasteiger partial charge in [0, 0.05) is 6.42 Å². The minimum atomic E-state index is 0.718. The first kappa shape index (κ1) is 14.6. The third-order valence-electron chi connectivity index (χ3n) is 2.82. The molecule has 0 unspecified atom stereocenters. The van der Waals surface area contributed by atoms with Crippen LogP contribution in [0, 0.1) is 12.8 Å². The molecule has 0 radical (unpaired) electrons. The Hall–Kier alpha value is -0.780. The molecule has 104 valence electrons. The van der Waals surface area contributed by atoms with Crippen LogP contribution in [0.15, 0.2) is 11.4 Å². The highest BCUT2D eigenvalue weighted by Gasteiger charge is 2.09. The lowest BCUT2D eigenvalue weighted by molar-refractivity contribution is 0.542. The van der Waals surface area contributed by atoms with E-state index in [0.717, 1.165) is 41.9 Å². The van der Waals surface area contributed by atoms with Crippen molar-refractivity contribution in [2.45, 2.75) is 33.6 Å². The van der Waals surface area contributed by atoms with Gasteiger partial charge in [-0.25, -0.2) is 0 Å². The summed E-state index contributed by atoms with van der Waals surface area (Å²) in [6.45, 7) is 8.74. The van der Waals surface area contributed by atoms with Crippen molar-refractivity contribution >= 4 is 22.7 Å². The second kappa shape index (κ2) is 7.12. The maximum atomic E-state index is 4.31. The van der Waals surface area contributed by atoms with Crippen LogP contribution in [0.2, 0.25) is 0 Å². The van der Waals surface area contributed by atoms with Crippen molar-refractivity contribution in [1.29, 1.82) is 0 Å². The molecule has 0 spiro atoms. The van der Waals surface area contributed by atoms with Crippen LogP contribution in [0.1, 0.15) is 30.8 Å². The minimum Gasteiger partial charge on any atom is -0.316 e. The molecule has 0 aliphatic rings. The molecule has 0 atom stereocenters. The highest BCUT2D eigenvalue weighted by atomic mass is 32.1. The van der Waals surface area contributed by atoms with E-state index in [4.69, 9.17) is 0 Å². The van der Waals surface area contributed by atoms with Crippen LogP contribution in [0.3, 0.4) is 0 Å². The normalized spacial score (nSPS) is 11.4. The van der Waals surface area contributed by atoms with Gasteiger partial charge in [0.15, 0.2) is 5.01 Å². The number of thiophene rings is 1. The zero-order valence-electron chi connectivity index (χ0n) is 11.8. The van der Waals surface area contributed by atoms with Gasteiger partial charge in [-0.1, -0.05) is 25.2 Å². The zero-order valence-corrected chi connectivity index (χ0v) is 13.4. The lowest BCUT2D eigenvalue weighted by atomic mass is 10.2. The molecule has 2 heterocycles. The summed E-state index contributed by atoms with van der Waals surface area (Å²) in [5, 5.41) is 16.4. The van der Waals surface area contributed by atoms with Crippen molar-refractivity contribution in [2.75, 3.05) is 13.1 Å². The van der Waals surface area contributed by atoms with Crippen molar-refractivity contribution in [3.63, 3.8) is 0 Å². The molecule has 2 rings (SSSR count). The lowest BCUT2D eigenvalue weighted by Crippen LogP contribution is -2.21. The van der Waals surface area contributed by atoms with Gasteiger partial charge in [0.05, 0.1) is 4.88 Å². The number of hydrogen-bond donors (Lipinski definition) is 1. The summed E-state index contributed by atoms with van der Waals surface area (Å²) in [4.78, 5) is 1.27. The Kier molecular flexibility index (Phi) is 5.48. The SMILES string of the molecule is Cc1ccsc1-c1nnc(CCCNCC(C)C)s1. The first-order valence-corrected chi connectivity index (χ1v) is 8.44. The van der Waals surface area contributed by atoms with Crippen LogP contribution in [-0.2, 0) is 6.42 Å². The Morgan fingerprint density at radius 1 is 1.32 bits per heavy atom. The van der Waals surface area contributed by atoms with Crippen LogP contribution in [-0.4, -0.2) is 23.3 Å². The third kappa shape index (κ3) is 4.37. The minimum absolute atomic E-state index is 0.718. The van der Waals surface area contributed by atoms with E-state index in [0.29, 0.717) is 0 Å². The second-order valence-corrected chi connectivity index (χ2v) is 7.11. The van der Waals surface area contributed by atoms with E-state index in [-0.39, 0.29) is 0 Å². The number of rotatable bonds is 7. The number of hydrogen-bond acceptors (Lipinski definition) is 5. The predicted octanol–water partition coefficient (Wildman–Crippen LogP) is 3.75. The topological polar surface area (TPSA) is 37.8 Å². The van der Waals surface area contributed by atoms with E-state index < -0.39 is 0 Å². The summed E-state index contributed by atoms with van der Waals surface area (Å²) in [5.41, 5.74) is 1.30. The van der Waals surface area contributed by atoms with Gasteiger partial charge in [0.1, 0.15) is 5.01 Å². The van der Waals surface area contributed by atoms with Crippen molar-refractivity contribution in [3.8, 4) is 9.88 Å². The van der Waals surface area contributed by atoms with E-state index in [9.17, 15) is 0 Å². The van der Waals surface area contributed by atoms with Crippen LogP contribution in [0.4, 0.5) is 0 Å². The fourth-order valence-corrected chi connectivity index (χ4v) is 3.75. The Bertz CT molecular complexity index is 502. The summed E-state index contributed by atoms with van der Waals surface area (Å²) < 4.78 is 0. The molecular formula is C14H21N3S2. The van der Waals surface area contributed by atoms with Crippen LogP contribution < -0.4 is 5.32 Å². The monoisotopic (exact) mass is 295 g/mol. The summed E-state index contributed by atoms with van der Waals surface area (Å²) in [6, 6.07) is 2.14. The molecular weight excluding hydrogens is 274 g/mol. The van der Waals surface area contributed by atoms with E-state index in [1.165, 1.54) is 10.4 Å². The quantitative estimate of drug-likeness (QED) is 0.790. The first-order chi connectivity index (χ1) is 9.16. The highest BCUT2D eigenvalue weighted by molar-refractivity contribution is 7.20. The maximum absolute atomic E-state index is 4.31. The van der Waals surface area contributed by atoms with E-state index in [1.807, 2.05) is 0 Å². The van der Waals surface area contributed by atoms with E-state index in [1.54, 1.807) is 22.7 Å². The maximum Gasteiger partial charge on any atom is 0.158 e. The molecule has 0 saturated heterocycles. The number of nitrogens with zero attached hydrogens (tertiary/aromatic N) is 2. The van der Waals surface area contributed by atoms with Gasteiger partial charge in [0.2, 0.25) is 0 Å². The van der Waals surface area contributed by atoms with Gasteiger partial charge >= 0.3 is 0 Å². The van der Waals surface area contributed by atoms with Crippen LogP contribution in [0.5, 0.6) is 0 Å². The van der Waals surface area contributed by atoms with E-state index in [2.05, 4.69) is 47.7 Å². The Labute approximate surface area is 123 Å². The van der Waals surface area contributed by atoms with Gasteiger partial charge in [-0.3, -0.25) is 0 Å². The molecule has 2 aromatic rings.